The summed E-state index contributed by atoms with van der Waals surface area (Å²) in [5.41, 5.74) is 2.75. The standard InChI is InChI=1S/C22H17Cl3N2O2S/c1-12-5-3-4-6-16(12)21(28)27-22(30)26-15-10-17(24)20(18(25)11-15)29-19-8-7-14(23)9-13(19)2/h3-11H,1-2H3,(H2,26,27,28,30). The topological polar surface area (TPSA) is 50.4 Å². The van der Waals surface area contributed by atoms with Gasteiger partial charge in [0.05, 0.1) is 10.0 Å². The Kier molecular flexibility index (Phi) is 7.21. The summed E-state index contributed by atoms with van der Waals surface area (Å²) in [6.45, 7) is 3.72. The van der Waals surface area contributed by atoms with E-state index >= 15 is 0 Å². The first-order valence-corrected chi connectivity index (χ1v) is 10.4. The maximum Gasteiger partial charge on any atom is 0.257 e. The lowest BCUT2D eigenvalue weighted by molar-refractivity contribution is 0.0977. The minimum Gasteiger partial charge on any atom is -0.454 e. The van der Waals surface area contributed by atoms with Crippen molar-refractivity contribution in [2.75, 3.05) is 5.32 Å². The Bertz CT molecular complexity index is 1110. The molecule has 0 aliphatic carbocycles. The summed E-state index contributed by atoms with van der Waals surface area (Å²) in [6, 6.07) is 15.7. The van der Waals surface area contributed by atoms with Crippen molar-refractivity contribution >= 4 is 63.7 Å². The first-order valence-electron chi connectivity index (χ1n) is 8.85. The highest BCUT2D eigenvalue weighted by molar-refractivity contribution is 7.80. The number of thiocarbonyl (C=S) groups is 1. The quantitative estimate of drug-likeness (QED) is 0.389. The molecular weight excluding hydrogens is 463 g/mol. The molecule has 3 rings (SSSR count). The highest BCUT2D eigenvalue weighted by atomic mass is 35.5. The van der Waals surface area contributed by atoms with Gasteiger partial charge < -0.3 is 10.1 Å². The third-order valence-electron chi connectivity index (χ3n) is 4.22. The predicted octanol–water partition coefficient (Wildman–Crippen LogP) is 7.18. The minimum absolute atomic E-state index is 0.123. The second kappa shape index (κ2) is 9.67. The van der Waals surface area contributed by atoms with Gasteiger partial charge in [0.25, 0.3) is 5.91 Å². The SMILES string of the molecule is Cc1cc(Cl)ccc1Oc1c(Cl)cc(NC(=S)NC(=O)c2ccccc2C)cc1Cl. The molecule has 0 aliphatic heterocycles. The molecule has 0 aromatic heterocycles. The van der Waals surface area contributed by atoms with Crippen LogP contribution in [0.3, 0.4) is 0 Å². The summed E-state index contributed by atoms with van der Waals surface area (Å²) in [4.78, 5) is 12.4. The van der Waals surface area contributed by atoms with Gasteiger partial charge in [0.15, 0.2) is 10.9 Å². The predicted molar refractivity (Wildman–Crippen MR) is 128 cm³/mol. The Labute approximate surface area is 195 Å². The fourth-order valence-corrected chi connectivity index (χ4v) is 3.73. The van der Waals surface area contributed by atoms with Crippen LogP contribution in [0.1, 0.15) is 21.5 Å². The van der Waals surface area contributed by atoms with Gasteiger partial charge in [-0.25, -0.2) is 0 Å². The van der Waals surface area contributed by atoms with E-state index in [1.165, 1.54) is 0 Å². The summed E-state index contributed by atoms with van der Waals surface area (Å²) in [7, 11) is 0. The number of carbonyl (C=O) groups is 1. The summed E-state index contributed by atoms with van der Waals surface area (Å²) < 4.78 is 5.87. The number of amides is 1. The smallest absolute Gasteiger partial charge is 0.257 e. The zero-order valence-electron chi connectivity index (χ0n) is 16.1. The van der Waals surface area contributed by atoms with Crippen LogP contribution in [0.4, 0.5) is 5.69 Å². The minimum atomic E-state index is -0.305. The van der Waals surface area contributed by atoms with Crippen molar-refractivity contribution in [3.63, 3.8) is 0 Å². The molecule has 0 atom stereocenters. The maximum absolute atomic E-state index is 12.4. The molecule has 1 amide bonds. The van der Waals surface area contributed by atoms with Gasteiger partial charge in [-0.15, -0.1) is 0 Å². The number of anilines is 1. The van der Waals surface area contributed by atoms with Crippen molar-refractivity contribution in [2.45, 2.75) is 13.8 Å². The van der Waals surface area contributed by atoms with Gasteiger partial charge in [-0.1, -0.05) is 53.0 Å². The Morgan fingerprint density at radius 2 is 1.60 bits per heavy atom. The van der Waals surface area contributed by atoms with E-state index in [2.05, 4.69) is 10.6 Å². The zero-order chi connectivity index (χ0) is 21.8. The number of carbonyl (C=O) groups excluding carboxylic acids is 1. The molecule has 3 aromatic carbocycles. The van der Waals surface area contributed by atoms with Gasteiger partial charge in [-0.3, -0.25) is 10.1 Å². The van der Waals surface area contributed by atoms with Gasteiger partial charge in [-0.05, 0) is 73.6 Å². The Balaban J connectivity index is 1.72. The van der Waals surface area contributed by atoms with Gasteiger partial charge in [-0.2, -0.15) is 0 Å². The maximum atomic E-state index is 12.4. The monoisotopic (exact) mass is 478 g/mol. The molecule has 3 aromatic rings. The van der Waals surface area contributed by atoms with Crippen LogP contribution >= 0.6 is 47.0 Å². The summed E-state index contributed by atoms with van der Waals surface area (Å²) in [5.74, 6) is 0.593. The fourth-order valence-electron chi connectivity index (χ4n) is 2.73. The van der Waals surface area contributed by atoms with E-state index in [1.807, 2.05) is 26.0 Å². The molecule has 0 aliphatic rings. The molecular formula is C22H17Cl3N2O2S. The van der Waals surface area contributed by atoms with E-state index in [1.54, 1.807) is 42.5 Å². The number of benzene rings is 3. The molecule has 2 N–H and O–H groups in total. The molecule has 0 bridgehead atoms. The summed E-state index contributed by atoms with van der Waals surface area (Å²) >= 11 is 23.9. The van der Waals surface area contributed by atoms with E-state index in [-0.39, 0.29) is 21.1 Å². The van der Waals surface area contributed by atoms with Crippen LogP contribution in [0, 0.1) is 13.8 Å². The first-order chi connectivity index (χ1) is 14.2. The van der Waals surface area contributed by atoms with E-state index < -0.39 is 0 Å². The molecule has 0 saturated heterocycles. The van der Waals surface area contributed by atoms with Crippen LogP contribution in [-0.4, -0.2) is 11.0 Å². The molecule has 4 nitrogen and oxygen atoms in total. The van der Waals surface area contributed by atoms with Gasteiger partial charge >= 0.3 is 0 Å². The lowest BCUT2D eigenvalue weighted by Gasteiger charge is -2.15. The van der Waals surface area contributed by atoms with Gasteiger partial charge in [0, 0.05) is 16.3 Å². The number of rotatable bonds is 4. The molecule has 30 heavy (non-hydrogen) atoms. The van der Waals surface area contributed by atoms with Crippen molar-refractivity contribution in [3.8, 4) is 11.5 Å². The molecule has 0 fully saturated rings. The van der Waals surface area contributed by atoms with Crippen molar-refractivity contribution in [1.29, 1.82) is 0 Å². The third-order valence-corrected chi connectivity index (χ3v) is 5.22. The Hall–Kier alpha value is -2.31. The summed E-state index contributed by atoms with van der Waals surface area (Å²) in [5, 5.41) is 6.86. The molecule has 8 heteroatoms. The normalized spacial score (nSPS) is 10.4. The molecule has 0 spiro atoms. The van der Waals surface area contributed by atoms with E-state index in [0.29, 0.717) is 27.8 Å². The number of halogens is 3. The average Bonchev–Trinajstić information content (AvgIpc) is 2.66. The van der Waals surface area contributed by atoms with Crippen LogP contribution in [0.25, 0.3) is 0 Å². The first kappa shape index (κ1) is 22.4. The van der Waals surface area contributed by atoms with Crippen molar-refractivity contribution < 1.29 is 9.53 Å². The number of aryl methyl sites for hydroxylation is 2. The molecule has 154 valence electrons. The van der Waals surface area contributed by atoms with Gasteiger partial charge in [0.2, 0.25) is 0 Å². The van der Waals surface area contributed by atoms with Crippen molar-refractivity contribution in [2.24, 2.45) is 0 Å². The van der Waals surface area contributed by atoms with Crippen LogP contribution < -0.4 is 15.4 Å². The van der Waals surface area contributed by atoms with Crippen LogP contribution in [0.15, 0.2) is 54.6 Å². The van der Waals surface area contributed by atoms with E-state index in [9.17, 15) is 4.79 Å². The van der Waals surface area contributed by atoms with E-state index in [4.69, 9.17) is 51.8 Å². The van der Waals surface area contributed by atoms with Crippen LogP contribution in [0.2, 0.25) is 15.1 Å². The highest BCUT2D eigenvalue weighted by Crippen LogP contribution is 2.40. The summed E-state index contributed by atoms with van der Waals surface area (Å²) in [6.07, 6.45) is 0. The molecule has 0 heterocycles. The van der Waals surface area contributed by atoms with Crippen LogP contribution in [-0.2, 0) is 0 Å². The second-order valence-electron chi connectivity index (χ2n) is 6.50. The highest BCUT2D eigenvalue weighted by Gasteiger charge is 2.14. The molecule has 0 saturated carbocycles. The number of hydrogen-bond donors (Lipinski definition) is 2. The van der Waals surface area contributed by atoms with Crippen LogP contribution in [0.5, 0.6) is 11.5 Å². The average molecular weight is 480 g/mol. The largest absolute Gasteiger partial charge is 0.454 e. The third kappa shape index (κ3) is 5.43. The zero-order valence-corrected chi connectivity index (χ0v) is 19.1. The number of ether oxygens (including phenoxy) is 1. The Morgan fingerprint density at radius 1 is 0.933 bits per heavy atom. The second-order valence-corrected chi connectivity index (χ2v) is 8.16. The van der Waals surface area contributed by atoms with Crippen molar-refractivity contribution in [1.82, 2.24) is 5.32 Å². The van der Waals surface area contributed by atoms with Gasteiger partial charge in [0.1, 0.15) is 5.75 Å². The lowest BCUT2D eigenvalue weighted by Crippen LogP contribution is -2.34. The van der Waals surface area contributed by atoms with Crippen molar-refractivity contribution in [3.05, 3.63) is 86.4 Å². The Morgan fingerprint density at radius 3 is 2.23 bits per heavy atom. The number of nitrogens with one attached hydrogen (secondary N) is 2. The molecule has 0 radical (unpaired) electrons. The number of hydrogen-bond acceptors (Lipinski definition) is 3. The molecule has 0 unspecified atom stereocenters. The fraction of sp³-hybridized carbons (Fsp3) is 0.0909. The van der Waals surface area contributed by atoms with E-state index in [0.717, 1.165) is 11.1 Å². The lowest BCUT2D eigenvalue weighted by atomic mass is 10.1.